The highest BCUT2D eigenvalue weighted by Gasteiger charge is 2.26. The van der Waals surface area contributed by atoms with E-state index in [0.717, 1.165) is 20.8 Å². The number of carbonyl (C=O) groups excluding carboxylic acids is 2. The summed E-state index contributed by atoms with van der Waals surface area (Å²) >= 11 is 0. The Hall–Kier alpha value is -3.29. The highest BCUT2D eigenvalue weighted by atomic mass is 32.2. The molecule has 12 nitrogen and oxygen atoms in total. The first-order chi connectivity index (χ1) is 16.1. The van der Waals surface area contributed by atoms with Crippen molar-refractivity contribution in [3.8, 4) is 0 Å². The van der Waals surface area contributed by atoms with Gasteiger partial charge >= 0.3 is 11.7 Å². The van der Waals surface area contributed by atoms with Gasteiger partial charge in [0.1, 0.15) is 5.82 Å². The van der Waals surface area contributed by atoms with Crippen LogP contribution in [0.25, 0.3) is 0 Å². The van der Waals surface area contributed by atoms with E-state index in [9.17, 15) is 27.6 Å². The van der Waals surface area contributed by atoms with E-state index in [1.807, 2.05) is 0 Å². The number of hydrogen-bond donors (Lipinski definition) is 1. The maximum atomic E-state index is 12.6. The number of nitrogens with zero attached hydrogens (tertiary/aromatic N) is 3. The molecule has 0 saturated carbocycles. The van der Waals surface area contributed by atoms with Gasteiger partial charge in [0, 0.05) is 39.7 Å². The summed E-state index contributed by atoms with van der Waals surface area (Å²) in [6, 6.07) is 7.33. The zero-order valence-electron chi connectivity index (χ0n) is 18.9. The van der Waals surface area contributed by atoms with Gasteiger partial charge in [0.2, 0.25) is 10.0 Å². The molecule has 0 aliphatic carbocycles. The van der Waals surface area contributed by atoms with Gasteiger partial charge in [-0.1, -0.05) is 12.1 Å². The average molecular weight is 495 g/mol. The monoisotopic (exact) mass is 494 g/mol. The number of amides is 1. The molecule has 1 amide bonds. The van der Waals surface area contributed by atoms with Crippen molar-refractivity contribution in [3.63, 3.8) is 0 Å². The first-order valence-electron chi connectivity index (χ1n) is 10.5. The fourth-order valence-corrected chi connectivity index (χ4v) is 4.67. The summed E-state index contributed by atoms with van der Waals surface area (Å²) in [7, 11) is -0.886. The van der Waals surface area contributed by atoms with Gasteiger partial charge < -0.3 is 14.8 Å². The molecule has 2 heterocycles. The van der Waals surface area contributed by atoms with E-state index in [4.69, 9.17) is 9.47 Å². The number of benzene rings is 1. The van der Waals surface area contributed by atoms with E-state index < -0.39 is 39.8 Å². The lowest BCUT2D eigenvalue weighted by Crippen LogP contribution is -2.40. The minimum atomic E-state index is -3.59. The van der Waals surface area contributed by atoms with Crippen molar-refractivity contribution in [2.75, 3.05) is 38.2 Å². The predicted octanol–water partition coefficient (Wildman–Crippen LogP) is -0.781. The van der Waals surface area contributed by atoms with Crippen LogP contribution in [0.15, 0.2) is 44.8 Å². The van der Waals surface area contributed by atoms with Gasteiger partial charge in [-0.3, -0.25) is 23.5 Å². The van der Waals surface area contributed by atoms with Crippen molar-refractivity contribution in [3.05, 3.63) is 56.7 Å². The summed E-state index contributed by atoms with van der Waals surface area (Å²) in [5.74, 6) is -1.34. The number of nitrogens with one attached hydrogen (secondary N) is 1. The van der Waals surface area contributed by atoms with Crippen LogP contribution in [0.3, 0.4) is 0 Å². The molecule has 0 unspecified atom stereocenters. The van der Waals surface area contributed by atoms with Crippen molar-refractivity contribution < 1.29 is 27.5 Å². The van der Waals surface area contributed by atoms with Crippen molar-refractivity contribution in [1.82, 2.24) is 13.4 Å². The predicted molar refractivity (Wildman–Crippen MR) is 121 cm³/mol. The zero-order chi connectivity index (χ0) is 24.9. The van der Waals surface area contributed by atoms with Crippen molar-refractivity contribution in [2.45, 2.75) is 17.7 Å². The highest BCUT2D eigenvalue weighted by Crippen LogP contribution is 2.18. The Labute approximate surface area is 195 Å². The topological polar surface area (TPSA) is 146 Å². The molecule has 0 atom stereocenters. The molecule has 1 aliphatic heterocycles. The zero-order valence-corrected chi connectivity index (χ0v) is 19.7. The Kier molecular flexibility index (Phi) is 8.02. The lowest BCUT2D eigenvalue weighted by atomic mass is 10.1. The van der Waals surface area contributed by atoms with Gasteiger partial charge in [-0.15, -0.1) is 0 Å². The molecule has 1 aliphatic rings. The molecular weight excluding hydrogens is 468 g/mol. The molecule has 1 fully saturated rings. The number of anilines is 1. The van der Waals surface area contributed by atoms with Crippen LogP contribution in [0.4, 0.5) is 5.82 Å². The summed E-state index contributed by atoms with van der Waals surface area (Å²) in [4.78, 5) is 47.8. The first kappa shape index (κ1) is 25.3. The summed E-state index contributed by atoms with van der Waals surface area (Å²) in [6.45, 7) is 0.749. The molecule has 3 rings (SSSR count). The van der Waals surface area contributed by atoms with Crippen LogP contribution < -0.4 is 16.6 Å². The van der Waals surface area contributed by atoms with Gasteiger partial charge in [0.15, 0.2) is 6.61 Å². The Balaban J connectivity index is 1.48. The van der Waals surface area contributed by atoms with Crippen molar-refractivity contribution in [1.29, 1.82) is 0 Å². The van der Waals surface area contributed by atoms with Crippen LogP contribution >= 0.6 is 0 Å². The molecule has 34 heavy (non-hydrogen) atoms. The molecule has 0 spiro atoms. The molecule has 0 radical (unpaired) electrons. The fourth-order valence-electron chi connectivity index (χ4n) is 3.26. The minimum Gasteiger partial charge on any atom is -0.456 e. The fraction of sp³-hybridized carbons (Fsp3) is 0.429. The number of sulfonamides is 1. The molecule has 0 bridgehead atoms. The smallest absolute Gasteiger partial charge is 0.332 e. The number of hydrogen-bond acceptors (Lipinski definition) is 8. The van der Waals surface area contributed by atoms with E-state index in [0.29, 0.717) is 32.7 Å². The number of rotatable bonds is 8. The van der Waals surface area contributed by atoms with E-state index in [1.165, 1.54) is 30.5 Å². The summed E-state index contributed by atoms with van der Waals surface area (Å²) in [5.41, 5.74) is -0.458. The van der Waals surface area contributed by atoms with E-state index in [1.54, 1.807) is 12.1 Å². The van der Waals surface area contributed by atoms with E-state index in [2.05, 4.69) is 5.32 Å². The lowest BCUT2D eigenvalue weighted by molar-refractivity contribution is -0.147. The third-order valence-corrected chi connectivity index (χ3v) is 7.22. The molecule has 1 aromatic carbocycles. The molecule has 1 aromatic heterocycles. The Morgan fingerprint density at radius 3 is 2.35 bits per heavy atom. The lowest BCUT2D eigenvalue weighted by Gasteiger charge is -2.26. The maximum Gasteiger partial charge on any atom is 0.332 e. The van der Waals surface area contributed by atoms with Gasteiger partial charge in [-0.25, -0.2) is 13.2 Å². The van der Waals surface area contributed by atoms with Crippen molar-refractivity contribution in [2.24, 2.45) is 14.1 Å². The molecule has 1 N–H and O–H groups in total. The largest absolute Gasteiger partial charge is 0.456 e. The molecule has 184 valence electrons. The normalized spacial score (nSPS) is 14.5. The van der Waals surface area contributed by atoms with E-state index >= 15 is 0 Å². The van der Waals surface area contributed by atoms with Crippen LogP contribution in [0, 0.1) is 0 Å². The Bertz CT molecular complexity index is 1280. The Morgan fingerprint density at radius 2 is 1.71 bits per heavy atom. The number of esters is 1. The maximum absolute atomic E-state index is 12.6. The second-order valence-electron chi connectivity index (χ2n) is 7.64. The molecule has 13 heteroatoms. The SMILES string of the molecule is Cn1c(NC(=O)COC(=O)CCc2ccc(S(=O)(=O)N3CCOCC3)cc2)cc(=O)n(C)c1=O. The third kappa shape index (κ3) is 5.98. The second-order valence-corrected chi connectivity index (χ2v) is 9.58. The van der Waals surface area contributed by atoms with Crippen LogP contribution in [0.2, 0.25) is 0 Å². The Morgan fingerprint density at radius 1 is 1.06 bits per heavy atom. The number of aryl methyl sites for hydroxylation is 1. The first-order valence-corrected chi connectivity index (χ1v) is 11.9. The second kappa shape index (κ2) is 10.8. The van der Waals surface area contributed by atoms with Gasteiger partial charge in [-0.2, -0.15) is 4.31 Å². The molecule has 1 saturated heterocycles. The minimum absolute atomic E-state index is 0.0127. The third-order valence-electron chi connectivity index (χ3n) is 5.31. The average Bonchev–Trinajstić information content (AvgIpc) is 2.84. The standard InChI is InChI=1S/C21H26N4O8S/c1-23-17(13-19(27)24(2)21(23)29)22-18(26)14-33-20(28)8-5-15-3-6-16(7-4-15)34(30,31)25-9-11-32-12-10-25/h3-4,6-7,13H,5,8-12,14H2,1-2H3,(H,22,26). The van der Waals surface area contributed by atoms with Crippen LogP contribution in [0.1, 0.15) is 12.0 Å². The highest BCUT2D eigenvalue weighted by molar-refractivity contribution is 7.89. The molecular formula is C21H26N4O8S. The summed E-state index contributed by atoms with van der Waals surface area (Å²) < 4.78 is 38.8. The van der Waals surface area contributed by atoms with Crippen LogP contribution in [0.5, 0.6) is 0 Å². The quantitative estimate of drug-likeness (QED) is 0.470. The summed E-state index contributed by atoms with van der Waals surface area (Å²) in [5, 5.41) is 2.36. The number of aromatic nitrogens is 2. The van der Waals surface area contributed by atoms with E-state index in [-0.39, 0.29) is 17.1 Å². The molecule has 2 aromatic rings. The number of carbonyl (C=O) groups is 2. The van der Waals surface area contributed by atoms with Gasteiger partial charge in [0.05, 0.1) is 18.1 Å². The van der Waals surface area contributed by atoms with Crippen molar-refractivity contribution >= 4 is 27.7 Å². The van der Waals surface area contributed by atoms with Crippen LogP contribution in [-0.2, 0) is 49.6 Å². The van der Waals surface area contributed by atoms with Gasteiger partial charge in [-0.05, 0) is 24.1 Å². The number of morpholine rings is 1. The summed E-state index contributed by atoms with van der Waals surface area (Å²) in [6.07, 6.45) is 0.273. The number of ether oxygens (including phenoxy) is 2. The van der Waals surface area contributed by atoms with Gasteiger partial charge in [0.25, 0.3) is 11.5 Å². The van der Waals surface area contributed by atoms with Crippen LogP contribution in [-0.4, -0.2) is 66.6 Å².